The Labute approximate surface area is 145 Å². The maximum atomic E-state index is 11.3. The van der Waals surface area contributed by atoms with E-state index in [-0.39, 0.29) is 18.4 Å². The number of hydrogen-bond donors (Lipinski definition) is 1. The number of primary amides is 1. The molecule has 3 aromatic rings. The van der Waals surface area contributed by atoms with Gasteiger partial charge in [0.05, 0.1) is 24.3 Å². The molecule has 8 nitrogen and oxygen atoms in total. The maximum absolute atomic E-state index is 11.3. The Morgan fingerprint density at radius 1 is 1.24 bits per heavy atom. The third-order valence-corrected chi connectivity index (χ3v) is 3.90. The monoisotopic (exact) mass is 339 g/mol. The van der Waals surface area contributed by atoms with E-state index in [9.17, 15) is 4.79 Å². The quantitative estimate of drug-likeness (QED) is 0.735. The summed E-state index contributed by atoms with van der Waals surface area (Å²) < 4.78 is 3.77. The highest BCUT2D eigenvalue weighted by molar-refractivity contribution is 5.75. The van der Waals surface area contributed by atoms with Crippen molar-refractivity contribution in [3.8, 4) is 5.69 Å². The van der Waals surface area contributed by atoms with Crippen molar-refractivity contribution in [2.45, 2.75) is 39.2 Å². The van der Waals surface area contributed by atoms with Gasteiger partial charge >= 0.3 is 0 Å². The molecule has 0 saturated carbocycles. The molecule has 0 aliphatic carbocycles. The molecule has 0 spiro atoms. The van der Waals surface area contributed by atoms with Crippen molar-refractivity contribution in [2.24, 2.45) is 5.73 Å². The van der Waals surface area contributed by atoms with Crippen molar-refractivity contribution in [1.29, 1.82) is 0 Å². The summed E-state index contributed by atoms with van der Waals surface area (Å²) in [5.41, 5.74) is 6.08. The Bertz CT molecular complexity index is 866. The number of carbonyl (C=O) groups is 1. The van der Waals surface area contributed by atoms with Gasteiger partial charge in [-0.2, -0.15) is 5.10 Å². The van der Waals surface area contributed by atoms with Gasteiger partial charge in [0.1, 0.15) is 5.82 Å². The zero-order valence-electron chi connectivity index (χ0n) is 14.5. The van der Waals surface area contributed by atoms with E-state index in [0.717, 1.165) is 11.5 Å². The molecule has 1 amide bonds. The van der Waals surface area contributed by atoms with E-state index in [2.05, 4.69) is 38.5 Å². The molecule has 0 aliphatic heterocycles. The first kappa shape index (κ1) is 16.8. The number of pyridine rings is 1. The summed E-state index contributed by atoms with van der Waals surface area (Å²) in [6.07, 6.45) is 7.10. The predicted molar refractivity (Wildman–Crippen MR) is 92.2 cm³/mol. The Morgan fingerprint density at radius 2 is 2.04 bits per heavy atom. The highest BCUT2D eigenvalue weighted by Gasteiger charge is 2.22. The van der Waals surface area contributed by atoms with Crippen molar-refractivity contribution < 1.29 is 4.79 Å². The molecular weight excluding hydrogens is 318 g/mol. The largest absolute Gasteiger partial charge is 0.369 e. The van der Waals surface area contributed by atoms with Gasteiger partial charge in [0, 0.05) is 24.5 Å². The van der Waals surface area contributed by atoms with Crippen molar-refractivity contribution in [3.63, 3.8) is 0 Å². The van der Waals surface area contributed by atoms with E-state index in [1.165, 1.54) is 0 Å². The minimum atomic E-state index is -0.465. The second-order valence-corrected chi connectivity index (χ2v) is 6.18. The molecule has 0 fully saturated rings. The summed E-state index contributed by atoms with van der Waals surface area (Å²) in [5.74, 6) is 1.86. The molecule has 0 aromatic carbocycles. The van der Waals surface area contributed by atoms with Gasteiger partial charge in [0.25, 0.3) is 0 Å². The fourth-order valence-electron chi connectivity index (χ4n) is 2.76. The topological polar surface area (TPSA) is 105 Å². The Kier molecular flexibility index (Phi) is 4.60. The van der Waals surface area contributed by atoms with Gasteiger partial charge < -0.3 is 10.3 Å². The molecule has 2 N–H and O–H groups in total. The fourth-order valence-corrected chi connectivity index (χ4v) is 2.76. The molecular formula is C17H21N7O. The van der Waals surface area contributed by atoms with Crippen LogP contribution >= 0.6 is 0 Å². The van der Waals surface area contributed by atoms with Gasteiger partial charge in [-0.25, -0.2) is 14.6 Å². The third-order valence-electron chi connectivity index (χ3n) is 3.90. The van der Waals surface area contributed by atoms with Gasteiger partial charge in [-0.05, 0) is 19.1 Å². The zero-order valence-corrected chi connectivity index (χ0v) is 14.5. The zero-order chi connectivity index (χ0) is 18.0. The Hall–Kier alpha value is -3.03. The van der Waals surface area contributed by atoms with E-state index in [1.807, 2.05) is 25.3 Å². The number of hydrogen-bond acceptors (Lipinski definition) is 5. The first-order valence-corrected chi connectivity index (χ1v) is 8.14. The van der Waals surface area contributed by atoms with Crippen molar-refractivity contribution in [2.75, 3.05) is 0 Å². The van der Waals surface area contributed by atoms with Crippen LogP contribution in [0.25, 0.3) is 5.69 Å². The molecule has 0 bridgehead atoms. The van der Waals surface area contributed by atoms with Crippen LogP contribution in [0.1, 0.15) is 50.2 Å². The lowest BCUT2D eigenvalue weighted by molar-refractivity contribution is -0.117. The third kappa shape index (κ3) is 3.42. The molecule has 25 heavy (non-hydrogen) atoms. The summed E-state index contributed by atoms with van der Waals surface area (Å²) >= 11 is 0. The highest BCUT2D eigenvalue weighted by Crippen LogP contribution is 2.24. The lowest BCUT2D eigenvalue weighted by Gasteiger charge is -2.18. The highest BCUT2D eigenvalue weighted by atomic mass is 16.1. The van der Waals surface area contributed by atoms with E-state index in [1.54, 1.807) is 23.3 Å². The average molecular weight is 339 g/mol. The van der Waals surface area contributed by atoms with Crippen molar-refractivity contribution in [1.82, 2.24) is 29.3 Å². The van der Waals surface area contributed by atoms with Gasteiger partial charge in [-0.15, -0.1) is 0 Å². The van der Waals surface area contributed by atoms with Gasteiger partial charge in [-0.1, -0.05) is 13.8 Å². The van der Waals surface area contributed by atoms with E-state index in [4.69, 9.17) is 5.73 Å². The molecule has 0 aliphatic rings. The first-order chi connectivity index (χ1) is 12.0. The molecule has 1 atom stereocenters. The van der Waals surface area contributed by atoms with Crippen molar-refractivity contribution in [3.05, 3.63) is 54.4 Å². The number of aromatic nitrogens is 6. The summed E-state index contributed by atoms with van der Waals surface area (Å²) in [6.45, 7) is 6.21. The van der Waals surface area contributed by atoms with Gasteiger partial charge in [0.15, 0.2) is 11.6 Å². The summed E-state index contributed by atoms with van der Waals surface area (Å²) in [5, 5.41) is 4.46. The summed E-state index contributed by atoms with van der Waals surface area (Å²) in [7, 11) is 0. The molecule has 0 radical (unpaired) electrons. The maximum Gasteiger partial charge on any atom is 0.225 e. The van der Waals surface area contributed by atoms with Crippen LogP contribution in [0, 0.1) is 0 Å². The minimum absolute atomic E-state index is 0.00600. The fraction of sp³-hybridized carbons (Fsp3) is 0.353. The molecule has 1 unspecified atom stereocenters. The first-order valence-electron chi connectivity index (χ1n) is 8.14. The number of nitrogens with two attached hydrogens (primary N) is 1. The molecule has 3 heterocycles. The lowest BCUT2D eigenvalue weighted by Crippen LogP contribution is -2.16. The average Bonchev–Trinajstić information content (AvgIpc) is 3.21. The second-order valence-electron chi connectivity index (χ2n) is 6.18. The molecule has 0 saturated heterocycles. The second kappa shape index (κ2) is 6.84. The van der Waals surface area contributed by atoms with E-state index < -0.39 is 5.91 Å². The van der Waals surface area contributed by atoms with Crippen molar-refractivity contribution >= 4 is 5.91 Å². The number of carbonyl (C=O) groups excluding carboxylic acids is 1. The molecule has 130 valence electrons. The summed E-state index contributed by atoms with van der Waals surface area (Å²) in [4.78, 5) is 24.4. The normalized spacial score (nSPS) is 12.5. The predicted octanol–water partition coefficient (Wildman–Crippen LogP) is 1.62. The minimum Gasteiger partial charge on any atom is -0.369 e. The van der Waals surface area contributed by atoms with Crippen LogP contribution in [-0.2, 0) is 11.2 Å². The Balaban J connectivity index is 2.08. The van der Waals surface area contributed by atoms with E-state index >= 15 is 0 Å². The number of nitrogens with zero attached hydrogens (tertiary/aromatic N) is 6. The smallest absolute Gasteiger partial charge is 0.225 e. The summed E-state index contributed by atoms with van der Waals surface area (Å²) in [6, 6.07) is 3.60. The molecule has 3 rings (SSSR count). The number of imidazole rings is 1. The number of rotatable bonds is 6. The SMILES string of the molecule is CC(C)c1nccn1C(C)c1nc(CC(N)=O)nn1-c1cccnc1. The standard InChI is InChI=1S/C17H21N7O/c1-11(2)16-20-7-8-23(16)12(3)17-21-15(9-14(18)25)22-24(17)13-5-4-6-19-10-13/h4-8,10-12H,9H2,1-3H3,(H2,18,25). The van der Waals surface area contributed by atoms with Crippen LogP contribution in [0.15, 0.2) is 36.9 Å². The van der Waals surface area contributed by atoms with Crippen LogP contribution in [0.4, 0.5) is 0 Å². The Morgan fingerprint density at radius 3 is 2.68 bits per heavy atom. The van der Waals surface area contributed by atoms with Crippen LogP contribution < -0.4 is 5.73 Å². The van der Waals surface area contributed by atoms with Gasteiger partial charge in [0.2, 0.25) is 5.91 Å². The van der Waals surface area contributed by atoms with Crippen LogP contribution in [0.3, 0.4) is 0 Å². The van der Waals surface area contributed by atoms with Crippen LogP contribution in [0.5, 0.6) is 0 Å². The lowest BCUT2D eigenvalue weighted by atomic mass is 10.2. The van der Waals surface area contributed by atoms with Crippen LogP contribution in [0.2, 0.25) is 0 Å². The molecule has 3 aromatic heterocycles. The number of amides is 1. The van der Waals surface area contributed by atoms with E-state index in [0.29, 0.717) is 11.6 Å². The van der Waals surface area contributed by atoms with Crippen LogP contribution in [-0.4, -0.2) is 35.2 Å². The van der Waals surface area contributed by atoms with Gasteiger partial charge in [-0.3, -0.25) is 9.78 Å². The molecule has 8 heteroatoms.